The molecule has 0 saturated heterocycles. The van der Waals surface area contributed by atoms with Crippen LogP contribution in [0.4, 0.5) is 0 Å². The van der Waals surface area contributed by atoms with E-state index in [2.05, 4.69) is 24.4 Å². The molecule has 22 heavy (non-hydrogen) atoms. The Hall–Kier alpha value is -1.39. The van der Waals surface area contributed by atoms with E-state index in [1.165, 1.54) is 5.56 Å². The Morgan fingerprint density at radius 1 is 1.36 bits per heavy atom. The summed E-state index contributed by atoms with van der Waals surface area (Å²) >= 11 is 0. The van der Waals surface area contributed by atoms with E-state index < -0.39 is 0 Å². The van der Waals surface area contributed by atoms with Crippen molar-refractivity contribution in [1.29, 1.82) is 0 Å². The molecule has 1 amide bonds. The van der Waals surface area contributed by atoms with Crippen molar-refractivity contribution in [3.8, 4) is 0 Å². The smallest absolute Gasteiger partial charge is 0.223 e. The number of carbonyl (C=O) groups is 1. The molecule has 0 spiro atoms. The van der Waals surface area contributed by atoms with Crippen LogP contribution in [0.5, 0.6) is 0 Å². The van der Waals surface area contributed by atoms with Gasteiger partial charge in [-0.15, -0.1) is 0 Å². The van der Waals surface area contributed by atoms with Gasteiger partial charge in [-0.3, -0.25) is 4.79 Å². The van der Waals surface area contributed by atoms with Crippen LogP contribution in [0.25, 0.3) is 0 Å². The van der Waals surface area contributed by atoms with Crippen molar-refractivity contribution in [3.05, 3.63) is 35.9 Å². The van der Waals surface area contributed by atoms with Crippen molar-refractivity contribution in [2.24, 2.45) is 11.7 Å². The molecule has 0 aromatic heterocycles. The van der Waals surface area contributed by atoms with Crippen LogP contribution in [0.3, 0.4) is 0 Å². The zero-order valence-electron chi connectivity index (χ0n) is 13.5. The first-order valence-corrected chi connectivity index (χ1v) is 8.36. The van der Waals surface area contributed by atoms with Crippen molar-refractivity contribution in [1.82, 2.24) is 5.32 Å². The highest BCUT2D eigenvalue weighted by atomic mass is 16.5. The Morgan fingerprint density at radius 2 is 2.14 bits per heavy atom. The second kappa shape index (κ2) is 8.91. The maximum atomic E-state index is 12.1. The van der Waals surface area contributed by atoms with Crippen LogP contribution in [-0.4, -0.2) is 25.1 Å². The highest BCUT2D eigenvalue weighted by Crippen LogP contribution is 2.23. The summed E-state index contributed by atoms with van der Waals surface area (Å²) in [6.07, 6.45) is 4.84. The van der Waals surface area contributed by atoms with Gasteiger partial charge >= 0.3 is 0 Å². The molecule has 3 N–H and O–H groups in total. The second-order valence-corrected chi connectivity index (χ2v) is 6.19. The number of carbonyl (C=O) groups excluding carboxylic acids is 1. The van der Waals surface area contributed by atoms with Gasteiger partial charge in [-0.1, -0.05) is 36.8 Å². The zero-order valence-corrected chi connectivity index (χ0v) is 13.5. The summed E-state index contributed by atoms with van der Waals surface area (Å²) in [6.45, 7) is 3.38. The third-order valence-electron chi connectivity index (χ3n) is 4.34. The largest absolute Gasteiger partial charge is 0.374 e. The molecule has 1 aromatic rings. The van der Waals surface area contributed by atoms with Crippen LogP contribution in [0.1, 0.15) is 50.7 Å². The Labute approximate surface area is 133 Å². The van der Waals surface area contributed by atoms with E-state index in [0.29, 0.717) is 13.2 Å². The van der Waals surface area contributed by atoms with E-state index in [4.69, 9.17) is 10.5 Å². The lowest BCUT2D eigenvalue weighted by Crippen LogP contribution is -2.38. The minimum atomic E-state index is 0.0910. The lowest BCUT2D eigenvalue weighted by molar-refractivity contribution is -0.126. The molecule has 2 rings (SSSR count). The van der Waals surface area contributed by atoms with E-state index >= 15 is 0 Å². The maximum absolute atomic E-state index is 12.1. The fraction of sp³-hybridized carbons (Fsp3) is 0.611. The molecule has 4 nitrogen and oxygen atoms in total. The molecule has 1 saturated carbocycles. The first kappa shape index (κ1) is 17.0. The third kappa shape index (κ3) is 5.43. The molecule has 3 unspecified atom stereocenters. The molecule has 1 aromatic carbocycles. The highest BCUT2D eigenvalue weighted by Gasteiger charge is 2.24. The number of hydrogen-bond acceptors (Lipinski definition) is 3. The van der Waals surface area contributed by atoms with E-state index in [1.807, 2.05) is 18.2 Å². The fourth-order valence-corrected chi connectivity index (χ4v) is 2.97. The van der Waals surface area contributed by atoms with Crippen molar-refractivity contribution < 1.29 is 9.53 Å². The first-order valence-electron chi connectivity index (χ1n) is 8.36. The Morgan fingerprint density at radius 3 is 2.86 bits per heavy atom. The van der Waals surface area contributed by atoms with Crippen LogP contribution in [0.2, 0.25) is 0 Å². The monoisotopic (exact) mass is 304 g/mol. The van der Waals surface area contributed by atoms with Crippen molar-refractivity contribution >= 4 is 5.91 Å². The quantitative estimate of drug-likeness (QED) is 0.761. The zero-order chi connectivity index (χ0) is 15.8. The average Bonchev–Trinajstić information content (AvgIpc) is 2.55. The van der Waals surface area contributed by atoms with Crippen LogP contribution in [0.15, 0.2) is 30.3 Å². The van der Waals surface area contributed by atoms with Gasteiger partial charge in [0, 0.05) is 25.1 Å². The number of nitrogens with one attached hydrogen (secondary N) is 1. The van der Waals surface area contributed by atoms with Crippen LogP contribution < -0.4 is 11.1 Å². The van der Waals surface area contributed by atoms with Crippen LogP contribution >= 0.6 is 0 Å². The van der Waals surface area contributed by atoms with Crippen LogP contribution in [-0.2, 0) is 9.53 Å². The summed E-state index contributed by atoms with van der Waals surface area (Å²) in [5, 5.41) is 3.01. The topological polar surface area (TPSA) is 64.3 Å². The molecule has 1 fully saturated rings. The molecule has 0 bridgehead atoms. The number of nitrogens with two attached hydrogens (primary N) is 1. The second-order valence-electron chi connectivity index (χ2n) is 6.19. The van der Waals surface area contributed by atoms with Gasteiger partial charge in [0.25, 0.3) is 0 Å². The van der Waals surface area contributed by atoms with Gasteiger partial charge in [0.15, 0.2) is 0 Å². The van der Waals surface area contributed by atoms with Gasteiger partial charge in [0.1, 0.15) is 0 Å². The number of hydrogen-bond donors (Lipinski definition) is 2. The van der Waals surface area contributed by atoms with Gasteiger partial charge in [-0.2, -0.15) is 0 Å². The minimum Gasteiger partial charge on any atom is -0.374 e. The predicted octanol–water partition coefficient (Wildman–Crippen LogP) is 2.79. The molecule has 122 valence electrons. The Balaban J connectivity index is 1.58. The van der Waals surface area contributed by atoms with Crippen molar-refractivity contribution in [3.63, 3.8) is 0 Å². The Kier molecular flexibility index (Phi) is 6.87. The maximum Gasteiger partial charge on any atom is 0.223 e. The number of rotatable bonds is 7. The van der Waals surface area contributed by atoms with E-state index in [1.54, 1.807) is 0 Å². The number of amides is 1. The van der Waals surface area contributed by atoms with Crippen molar-refractivity contribution in [2.45, 2.75) is 51.2 Å². The molecule has 3 atom stereocenters. The fourth-order valence-electron chi connectivity index (χ4n) is 2.97. The SMILES string of the molecule is CC(OCCCNC(=O)C1CCCC(N)C1)c1ccccc1. The molecule has 0 aliphatic heterocycles. The summed E-state index contributed by atoms with van der Waals surface area (Å²) in [5.41, 5.74) is 7.11. The lowest BCUT2D eigenvalue weighted by Gasteiger charge is -2.25. The van der Waals surface area contributed by atoms with Gasteiger partial charge < -0.3 is 15.8 Å². The van der Waals surface area contributed by atoms with Gasteiger partial charge in [-0.05, 0) is 38.2 Å². The molecular formula is C18H28N2O2. The highest BCUT2D eigenvalue weighted by molar-refractivity contribution is 5.78. The first-order chi connectivity index (χ1) is 10.7. The van der Waals surface area contributed by atoms with E-state index in [9.17, 15) is 4.79 Å². The minimum absolute atomic E-state index is 0.0910. The Bertz CT molecular complexity index is 450. The summed E-state index contributed by atoms with van der Waals surface area (Å²) < 4.78 is 5.80. The van der Waals surface area contributed by atoms with E-state index in [0.717, 1.165) is 32.1 Å². The summed E-state index contributed by atoms with van der Waals surface area (Å²) in [7, 11) is 0. The molecule has 4 heteroatoms. The van der Waals surface area contributed by atoms with Crippen molar-refractivity contribution in [2.75, 3.05) is 13.2 Å². The number of benzene rings is 1. The third-order valence-corrected chi connectivity index (χ3v) is 4.34. The summed E-state index contributed by atoms with van der Waals surface area (Å²) in [5.74, 6) is 0.263. The summed E-state index contributed by atoms with van der Waals surface area (Å²) in [4.78, 5) is 12.1. The molecular weight excluding hydrogens is 276 g/mol. The standard InChI is InChI=1S/C18H28N2O2/c1-14(15-7-3-2-4-8-15)22-12-6-11-20-18(21)16-9-5-10-17(19)13-16/h2-4,7-8,14,16-17H,5-6,9-13,19H2,1H3,(H,20,21). The lowest BCUT2D eigenvalue weighted by atomic mass is 9.85. The van der Waals surface area contributed by atoms with Gasteiger partial charge in [0.2, 0.25) is 5.91 Å². The molecule has 0 heterocycles. The predicted molar refractivity (Wildman–Crippen MR) is 88.4 cm³/mol. The van der Waals surface area contributed by atoms with E-state index in [-0.39, 0.29) is 24.0 Å². The average molecular weight is 304 g/mol. The van der Waals surface area contributed by atoms with Crippen LogP contribution in [0, 0.1) is 5.92 Å². The normalized spacial score (nSPS) is 23.0. The number of ether oxygens (including phenoxy) is 1. The molecule has 1 aliphatic carbocycles. The van der Waals surface area contributed by atoms with Gasteiger partial charge in [-0.25, -0.2) is 0 Å². The summed E-state index contributed by atoms with van der Waals surface area (Å²) in [6, 6.07) is 10.4. The molecule has 1 aliphatic rings. The molecule has 0 radical (unpaired) electrons. The van der Waals surface area contributed by atoms with Gasteiger partial charge in [0.05, 0.1) is 6.10 Å².